The van der Waals surface area contributed by atoms with Crippen molar-refractivity contribution in [1.29, 1.82) is 0 Å². The van der Waals surface area contributed by atoms with Gasteiger partial charge in [0.15, 0.2) is 0 Å². The quantitative estimate of drug-likeness (QED) is 0.421. The van der Waals surface area contributed by atoms with Gasteiger partial charge in [-0.25, -0.2) is 16.8 Å². The first kappa shape index (κ1) is 27.5. The first-order valence-electron chi connectivity index (χ1n) is 12.2. The zero-order valence-corrected chi connectivity index (χ0v) is 23.1. The van der Waals surface area contributed by atoms with E-state index in [2.05, 4.69) is 16.4 Å². The van der Waals surface area contributed by atoms with Gasteiger partial charge in [-0.2, -0.15) is 0 Å². The van der Waals surface area contributed by atoms with Gasteiger partial charge < -0.3 is 9.64 Å². The fourth-order valence-electron chi connectivity index (χ4n) is 4.16. The number of rotatable bonds is 8. The molecule has 4 rings (SSSR count). The molecule has 1 saturated heterocycles. The number of nitrogens with one attached hydrogen (secondary N) is 2. The maximum atomic E-state index is 13.2. The van der Waals surface area contributed by atoms with Gasteiger partial charge in [-0.15, -0.1) is 0 Å². The third-order valence-electron chi connectivity index (χ3n) is 6.50. The minimum absolute atomic E-state index is 0.0193. The first-order valence-corrected chi connectivity index (χ1v) is 15.1. The lowest BCUT2D eigenvalue weighted by Crippen LogP contribution is -2.38. The Morgan fingerprint density at radius 3 is 1.87 bits per heavy atom. The fourth-order valence-corrected chi connectivity index (χ4v) is 6.30. The van der Waals surface area contributed by atoms with Crippen molar-refractivity contribution in [2.45, 2.75) is 36.5 Å². The number of ether oxygens (including phenoxy) is 1. The van der Waals surface area contributed by atoms with E-state index in [0.717, 1.165) is 18.4 Å². The van der Waals surface area contributed by atoms with Crippen LogP contribution >= 0.6 is 0 Å². The van der Waals surface area contributed by atoms with Crippen LogP contribution in [0.25, 0.3) is 0 Å². The highest BCUT2D eigenvalue weighted by atomic mass is 32.2. The van der Waals surface area contributed by atoms with Gasteiger partial charge in [-0.05, 0) is 80.3 Å². The Hall–Kier alpha value is -3.57. The van der Waals surface area contributed by atoms with Crippen molar-refractivity contribution < 1.29 is 26.4 Å². The van der Waals surface area contributed by atoms with E-state index >= 15 is 0 Å². The first-order chi connectivity index (χ1) is 18.0. The number of amides is 1. The molecule has 0 aliphatic carbocycles. The van der Waals surface area contributed by atoms with Crippen LogP contribution < -0.4 is 14.2 Å². The maximum absolute atomic E-state index is 13.2. The lowest BCUT2D eigenvalue weighted by Gasteiger charge is -2.30. The van der Waals surface area contributed by atoms with Crippen molar-refractivity contribution in [3.05, 3.63) is 77.9 Å². The summed E-state index contributed by atoms with van der Waals surface area (Å²) in [7, 11) is -6.50. The average molecular weight is 558 g/mol. The zero-order valence-electron chi connectivity index (χ0n) is 21.5. The minimum Gasteiger partial charge on any atom is -0.496 e. The molecule has 0 unspecified atom stereocenters. The monoisotopic (exact) mass is 557 g/mol. The van der Waals surface area contributed by atoms with Crippen molar-refractivity contribution in [2.75, 3.05) is 29.6 Å². The van der Waals surface area contributed by atoms with E-state index in [4.69, 9.17) is 4.74 Å². The molecule has 2 N–H and O–H groups in total. The molecular weight excluding hydrogens is 526 g/mol. The van der Waals surface area contributed by atoms with Crippen LogP contribution in [0.1, 0.15) is 35.7 Å². The van der Waals surface area contributed by atoms with Crippen molar-refractivity contribution in [1.82, 2.24) is 4.90 Å². The van der Waals surface area contributed by atoms with E-state index in [-0.39, 0.29) is 26.9 Å². The second-order valence-corrected chi connectivity index (χ2v) is 12.8. The highest BCUT2D eigenvalue weighted by Gasteiger charge is 2.26. The standard InChI is InChI=1S/C27H31N3O6S2/c1-19-4-6-21(7-5-19)28-37(32,33)23-10-8-22(9-11-23)29-38(34,35)24-12-13-26(36-3)25(18-24)27(31)30-16-14-20(2)15-17-30/h4-13,18,20,28-29H,14-17H2,1-3H3. The Labute approximate surface area is 223 Å². The summed E-state index contributed by atoms with van der Waals surface area (Å²) >= 11 is 0. The smallest absolute Gasteiger partial charge is 0.261 e. The number of hydrogen-bond donors (Lipinski definition) is 2. The number of hydrogen-bond acceptors (Lipinski definition) is 6. The van der Waals surface area contributed by atoms with Crippen molar-refractivity contribution in [2.24, 2.45) is 5.92 Å². The molecule has 1 fully saturated rings. The number of carbonyl (C=O) groups excluding carboxylic acids is 1. The largest absolute Gasteiger partial charge is 0.496 e. The highest BCUT2D eigenvalue weighted by molar-refractivity contribution is 7.93. The Balaban J connectivity index is 1.52. The van der Waals surface area contributed by atoms with Crippen LogP contribution in [0, 0.1) is 12.8 Å². The molecule has 0 spiro atoms. The molecule has 11 heteroatoms. The predicted octanol–water partition coefficient (Wildman–Crippen LogP) is 4.48. The highest BCUT2D eigenvalue weighted by Crippen LogP contribution is 2.28. The summed E-state index contributed by atoms with van der Waals surface area (Å²) in [6.07, 6.45) is 1.78. The van der Waals surface area contributed by atoms with Crippen LogP contribution in [0.2, 0.25) is 0 Å². The van der Waals surface area contributed by atoms with Crippen LogP contribution in [0.4, 0.5) is 11.4 Å². The lowest BCUT2D eigenvalue weighted by atomic mass is 9.98. The van der Waals surface area contributed by atoms with Gasteiger partial charge in [0.2, 0.25) is 0 Å². The van der Waals surface area contributed by atoms with E-state index in [0.29, 0.717) is 30.4 Å². The van der Waals surface area contributed by atoms with Crippen molar-refractivity contribution >= 4 is 37.3 Å². The van der Waals surface area contributed by atoms with Crippen LogP contribution in [0.3, 0.4) is 0 Å². The van der Waals surface area contributed by atoms with Gasteiger partial charge in [-0.1, -0.05) is 24.6 Å². The molecule has 1 aliphatic heterocycles. The van der Waals surface area contributed by atoms with Gasteiger partial charge >= 0.3 is 0 Å². The molecule has 3 aromatic rings. The molecule has 1 amide bonds. The third kappa shape index (κ3) is 6.28. The molecule has 9 nitrogen and oxygen atoms in total. The Morgan fingerprint density at radius 2 is 1.32 bits per heavy atom. The molecule has 3 aromatic carbocycles. The number of methoxy groups -OCH3 is 1. The molecule has 0 radical (unpaired) electrons. The fraction of sp³-hybridized carbons (Fsp3) is 0.296. The summed E-state index contributed by atoms with van der Waals surface area (Å²) < 4.78 is 62.0. The van der Waals surface area contributed by atoms with Crippen LogP contribution in [-0.2, 0) is 20.0 Å². The Kier molecular flexibility index (Phi) is 7.98. The zero-order chi connectivity index (χ0) is 27.5. The molecule has 0 bridgehead atoms. The molecule has 38 heavy (non-hydrogen) atoms. The summed E-state index contributed by atoms with van der Waals surface area (Å²) in [6, 6.07) is 16.4. The number of nitrogens with zero attached hydrogens (tertiary/aromatic N) is 1. The second kappa shape index (κ2) is 11.0. The van der Waals surface area contributed by atoms with E-state index < -0.39 is 20.0 Å². The third-order valence-corrected chi connectivity index (χ3v) is 9.28. The van der Waals surface area contributed by atoms with E-state index in [1.165, 1.54) is 49.6 Å². The van der Waals surface area contributed by atoms with Crippen LogP contribution in [-0.4, -0.2) is 47.8 Å². The van der Waals surface area contributed by atoms with Crippen LogP contribution in [0.15, 0.2) is 76.5 Å². The van der Waals surface area contributed by atoms with Crippen molar-refractivity contribution in [3.63, 3.8) is 0 Å². The number of sulfonamides is 2. The number of anilines is 2. The Morgan fingerprint density at radius 1 is 0.816 bits per heavy atom. The van der Waals surface area contributed by atoms with Crippen LogP contribution in [0.5, 0.6) is 5.75 Å². The van der Waals surface area contributed by atoms with Gasteiger partial charge in [0.05, 0.1) is 22.5 Å². The topological polar surface area (TPSA) is 122 Å². The summed E-state index contributed by atoms with van der Waals surface area (Å²) in [4.78, 5) is 14.8. The SMILES string of the molecule is COc1ccc(S(=O)(=O)Nc2ccc(S(=O)(=O)Nc3ccc(C)cc3)cc2)cc1C(=O)N1CCC(C)CC1. The molecule has 0 atom stereocenters. The van der Waals surface area contributed by atoms with Gasteiger partial charge in [0.1, 0.15) is 5.75 Å². The summed E-state index contributed by atoms with van der Waals surface area (Å²) in [5.41, 5.74) is 1.77. The van der Waals surface area contributed by atoms with Crippen molar-refractivity contribution in [3.8, 4) is 5.75 Å². The van der Waals surface area contributed by atoms with E-state index in [9.17, 15) is 21.6 Å². The molecule has 202 valence electrons. The normalized spacial score (nSPS) is 14.7. The Bertz CT molecular complexity index is 1510. The lowest BCUT2D eigenvalue weighted by molar-refractivity contribution is 0.0693. The molecule has 1 heterocycles. The number of likely N-dealkylation sites (tertiary alicyclic amines) is 1. The number of piperidine rings is 1. The molecule has 1 aliphatic rings. The second-order valence-electron chi connectivity index (χ2n) is 9.44. The van der Waals surface area contributed by atoms with E-state index in [1.807, 2.05) is 6.92 Å². The van der Waals surface area contributed by atoms with Gasteiger partial charge in [0, 0.05) is 24.5 Å². The molecule has 0 saturated carbocycles. The average Bonchev–Trinajstić information content (AvgIpc) is 2.89. The number of aryl methyl sites for hydroxylation is 1. The number of benzene rings is 3. The van der Waals surface area contributed by atoms with Gasteiger partial charge in [0.25, 0.3) is 26.0 Å². The predicted molar refractivity (Wildman–Crippen MR) is 147 cm³/mol. The molecule has 0 aromatic heterocycles. The minimum atomic E-state index is -4.08. The summed E-state index contributed by atoms with van der Waals surface area (Å²) in [5.74, 6) is 0.557. The summed E-state index contributed by atoms with van der Waals surface area (Å²) in [6.45, 7) is 5.25. The summed E-state index contributed by atoms with van der Waals surface area (Å²) in [5, 5.41) is 0. The van der Waals surface area contributed by atoms with Gasteiger partial charge in [-0.3, -0.25) is 14.2 Å². The molecular formula is C27H31N3O6S2. The van der Waals surface area contributed by atoms with E-state index in [1.54, 1.807) is 29.2 Å². The maximum Gasteiger partial charge on any atom is 0.261 e. The number of carbonyl (C=O) groups is 1.